The fourth-order valence-electron chi connectivity index (χ4n) is 2.49. The van der Waals surface area contributed by atoms with Crippen LogP contribution in [0.2, 0.25) is 0 Å². The van der Waals surface area contributed by atoms with Crippen molar-refractivity contribution in [2.75, 3.05) is 0 Å². The Labute approximate surface area is 99.5 Å². The molecule has 1 aliphatic carbocycles. The van der Waals surface area contributed by atoms with Gasteiger partial charge in [-0.25, -0.2) is 0 Å². The van der Waals surface area contributed by atoms with Crippen LogP contribution in [-0.4, -0.2) is 32.3 Å². The number of aromatic nitrogens is 2. The molecular weight excluding hydrogens is 220 g/mol. The molecule has 1 fully saturated rings. The van der Waals surface area contributed by atoms with Gasteiger partial charge in [0, 0.05) is 18.6 Å². The van der Waals surface area contributed by atoms with E-state index in [1.807, 2.05) is 0 Å². The van der Waals surface area contributed by atoms with Gasteiger partial charge in [0.25, 0.3) is 0 Å². The highest BCUT2D eigenvalue weighted by Crippen LogP contribution is 2.32. The quantitative estimate of drug-likeness (QED) is 0.814. The van der Waals surface area contributed by atoms with Crippen molar-refractivity contribution in [2.24, 2.45) is 11.8 Å². The first-order valence-corrected chi connectivity index (χ1v) is 5.82. The van der Waals surface area contributed by atoms with Crippen LogP contribution in [0.5, 0.6) is 0 Å². The number of carbonyl (C=O) groups is 1. The number of hydrogen-bond donors (Lipinski definition) is 2. The monoisotopic (exact) mass is 236 g/mol. The SMILES string of the molecule is O=C(O)C1CCC(O)CC1Cc1cnccn1. The molecule has 0 radical (unpaired) electrons. The highest BCUT2D eigenvalue weighted by atomic mass is 16.4. The molecule has 0 saturated heterocycles. The number of aliphatic hydroxyl groups excluding tert-OH is 1. The minimum Gasteiger partial charge on any atom is -0.481 e. The molecule has 3 atom stereocenters. The van der Waals surface area contributed by atoms with Crippen molar-refractivity contribution < 1.29 is 15.0 Å². The molecule has 0 aliphatic heterocycles. The molecule has 5 heteroatoms. The van der Waals surface area contributed by atoms with Gasteiger partial charge in [-0.3, -0.25) is 14.8 Å². The molecule has 92 valence electrons. The van der Waals surface area contributed by atoms with Gasteiger partial charge in [-0.2, -0.15) is 0 Å². The third-order valence-corrected chi connectivity index (χ3v) is 3.36. The summed E-state index contributed by atoms with van der Waals surface area (Å²) < 4.78 is 0. The predicted molar refractivity (Wildman–Crippen MR) is 60.2 cm³/mol. The molecule has 2 rings (SSSR count). The molecule has 3 unspecified atom stereocenters. The summed E-state index contributed by atoms with van der Waals surface area (Å²) >= 11 is 0. The number of rotatable bonds is 3. The summed E-state index contributed by atoms with van der Waals surface area (Å²) in [5.41, 5.74) is 0.790. The summed E-state index contributed by atoms with van der Waals surface area (Å²) in [5.74, 6) is -1.20. The number of aliphatic carboxylic acids is 1. The van der Waals surface area contributed by atoms with Gasteiger partial charge in [0.05, 0.1) is 17.7 Å². The third kappa shape index (κ3) is 3.00. The summed E-state index contributed by atoms with van der Waals surface area (Å²) in [6, 6.07) is 0. The molecule has 0 aromatic carbocycles. The summed E-state index contributed by atoms with van der Waals surface area (Å²) in [6.07, 6.45) is 6.69. The summed E-state index contributed by atoms with van der Waals surface area (Å²) in [6.45, 7) is 0. The highest BCUT2D eigenvalue weighted by Gasteiger charge is 2.34. The van der Waals surface area contributed by atoms with Gasteiger partial charge in [0.2, 0.25) is 0 Å². The normalized spacial score (nSPS) is 28.9. The predicted octanol–water partition coefficient (Wildman–Crippen LogP) is 0.881. The van der Waals surface area contributed by atoms with E-state index < -0.39 is 5.97 Å². The Balaban J connectivity index is 2.08. The Morgan fingerprint density at radius 2 is 2.24 bits per heavy atom. The van der Waals surface area contributed by atoms with E-state index in [0.29, 0.717) is 25.7 Å². The van der Waals surface area contributed by atoms with Crippen molar-refractivity contribution in [3.63, 3.8) is 0 Å². The zero-order valence-electron chi connectivity index (χ0n) is 9.49. The van der Waals surface area contributed by atoms with Crippen LogP contribution in [0.15, 0.2) is 18.6 Å². The van der Waals surface area contributed by atoms with Crippen LogP contribution >= 0.6 is 0 Å². The maximum atomic E-state index is 11.1. The molecule has 1 aromatic heterocycles. The van der Waals surface area contributed by atoms with E-state index in [2.05, 4.69) is 9.97 Å². The van der Waals surface area contributed by atoms with Crippen LogP contribution < -0.4 is 0 Å². The van der Waals surface area contributed by atoms with Crippen molar-refractivity contribution in [2.45, 2.75) is 31.8 Å². The van der Waals surface area contributed by atoms with Gasteiger partial charge < -0.3 is 10.2 Å². The van der Waals surface area contributed by atoms with E-state index in [0.717, 1.165) is 5.69 Å². The van der Waals surface area contributed by atoms with Crippen LogP contribution in [0.4, 0.5) is 0 Å². The lowest BCUT2D eigenvalue weighted by Gasteiger charge is -2.31. The van der Waals surface area contributed by atoms with E-state index in [9.17, 15) is 9.90 Å². The molecule has 0 spiro atoms. The van der Waals surface area contributed by atoms with Gasteiger partial charge in [0.1, 0.15) is 0 Å². The maximum absolute atomic E-state index is 11.1. The van der Waals surface area contributed by atoms with Gasteiger partial charge in [-0.15, -0.1) is 0 Å². The second-order valence-electron chi connectivity index (χ2n) is 4.57. The lowest BCUT2D eigenvalue weighted by Crippen LogP contribution is -2.34. The number of hydrogen-bond acceptors (Lipinski definition) is 4. The standard InChI is InChI=1S/C12H16N2O3/c15-10-1-2-11(12(16)17)8(6-10)5-9-7-13-3-4-14-9/h3-4,7-8,10-11,15H,1-2,5-6H2,(H,16,17). The van der Waals surface area contributed by atoms with Gasteiger partial charge in [-0.1, -0.05) is 0 Å². The Bertz CT molecular complexity index is 383. The molecule has 17 heavy (non-hydrogen) atoms. The van der Waals surface area contributed by atoms with E-state index in [4.69, 9.17) is 5.11 Å². The molecule has 1 saturated carbocycles. The second kappa shape index (κ2) is 5.23. The van der Waals surface area contributed by atoms with Crippen molar-refractivity contribution in [1.29, 1.82) is 0 Å². The van der Waals surface area contributed by atoms with Crippen LogP contribution in [0.25, 0.3) is 0 Å². The molecule has 1 heterocycles. The minimum absolute atomic E-state index is 0.0482. The first kappa shape index (κ1) is 12.0. The topological polar surface area (TPSA) is 83.3 Å². The Morgan fingerprint density at radius 1 is 1.41 bits per heavy atom. The molecule has 1 aromatic rings. The van der Waals surface area contributed by atoms with E-state index in [1.54, 1.807) is 18.6 Å². The Hall–Kier alpha value is -1.49. The van der Waals surface area contributed by atoms with Crippen LogP contribution in [0, 0.1) is 11.8 Å². The summed E-state index contributed by atoms with van der Waals surface area (Å²) in [5, 5.41) is 18.8. The van der Waals surface area contributed by atoms with Crippen molar-refractivity contribution in [3.05, 3.63) is 24.3 Å². The van der Waals surface area contributed by atoms with Crippen LogP contribution in [0.3, 0.4) is 0 Å². The van der Waals surface area contributed by atoms with Gasteiger partial charge in [-0.05, 0) is 31.6 Å². The van der Waals surface area contributed by atoms with Crippen LogP contribution in [-0.2, 0) is 11.2 Å². The van der Waals surface area contributed by atoms with Gasteiger partial charge >= 0.3 is 5.97 Å². The number of aliphatic hydroxyl groups is 1. The minimum atomic E-state index is -0.772. The zero-order valence-corrected chi connectivity index (χ0v) is 9.49. The fourth-order valence-corrected chi connectivity index (χ4v) is 2.49. The smallest absolute Gasteiger partial charge is 0.306 e. The second-order valence-corrected chi connectivity index (χ2v) is 4.57. The summed E-state index contributed by atoms with van der Waals surface area (Å²) in [7, 11) is 0. The number of carboxylic acid groups (broad SMARTS) is 1. The van der Waals surface area contributed by atoms with Crippen molar-refractivity contribution in [1.82, 2.24) is 9.97 Å². The first-order valence-electron chi connectivity index (χ1n) is 5.82. The van der Waals surface area contributed by atoms with E-state index >= 15 is 0 Å². The summed E-state index contributed by atoms with van der Waals surface area (Å²) in [4.78, 5) is 19.3. The highest BCUT2D eigenvalue weighted by molar-refractivity contribution is 5.70. The van der Waals surface area contributed by atoms with Crippen molar-refractivity contribution in [3.8, 4) is 0 Å². The number of carboxylic acids is 1. The Kier molecular flexibility index (Phi) is 3.68. The van der Waals surface area contributed by atoms with Gasteiger partial charge in [0.15, 0.2) is 0 Å². The number of nitrogens with zero attached hydrogens (tertiary/aromatic N) is 2. The maximum Gasteiger partial charge on any atom is 0.306 e. The lowest BCUT2D eigenvalue weighted by molar-refractivity contribution is -0.146. The third-order valence-electron chi connectivity index (χ3n) is 3.36. The molecule has 0 bridgehead atoms. The molecule has 0 amide bonds. The first-order chi connectivity index (χ1) is 8.16. The average molecular weight is 236 g/mol. The zero-order chi connectivity index (χ0) is 12.3. The van der Waals surface area contributed by atoms with E-state index in [1.165, 1.54) is 0 Å². The molecular formula is C12H16N2O3. The average Bonchev–Trinajstić information content (AvgIpc) is 2.30. The Morgan fingerprint density at radius 3 is 2.88 bits per heavy atom. The largest absolute Gasteiger partial charge is 0.481 e. The van der Waals surface area contributed by atoms with Crippen LogP contribution in [0.1, 0.15) is 25.0 Å². The van der Waals surface area contributed by atoms with Crippen molar-refractivity contribution >= 4 is 5.97 Å². The van der Waals surface area contributed by atoms with E-state index in [-0.39, 0.29) is 17.9 Å². The molecule has 5 nitrogen and oxygen atoms in total. The molecule has 1 aliphatic rings. The fraction of sp³-hybridized carbons (Fsp3) is 0.583. The molecule has 2 N–H and O–H groups in total. The lowest BCUT2D eigenvalue weighted by atomic mass is 9.76.